The molecule has 0 aliphatic heterocycles. The lowest BCUT2D eigenvalue weighted by Crippen LogP contribution is -2.30. The molecule has 1 unspecified atom stereocenters. The van der Waals surface area contributed by atoms with Crippen molar-refractivity contribution in [2.75, 3.05) is 18.4 Å². The predicted octanol–water partition coefficient (Wildman–Crippen LogP) is 4.52. The number of rotatable bonds is 9. The lowest BCUT2D eigenvalue weighted by Gasteiger charge is -2.20. The molecule has 1 atom stereocenters. The number of hydrogen-bond acceptors (Lipinski definition) is 5. The number of para-hydroxylation sites is 1. The predicted molar refractivity (Wildman–Crippen MR) is 131 cm³/mol. The van der Waals surface area contributed by atoms with Crippen LogP contribution in [0.25, 0.3) is 0 Å². The smallest absolute Gasteiger partial charge is 0.256 e. The van der Waals surface area contributed by atoms with Crippen LogP contribution < -0.4 is 10.6 Å². The highest BCUT2D eigenvalue weighted by Crippen LogP contribution is 2.22. The summed E-state index contributed by atoms with van der Waals surface area (Å²) in [4.78, 5) is 25.6. The van der Waals surface area contributed by atoms with Gasteiger partial charge < -0.3 is 10.6 Å². The molecule has 0 aliphatic rings. The van der Waals surface area contributed by atoms with Crippen molar-refractivity contribution in [3.05, 3.63) is 82.0 Å². The highest BCUT2D eigenvalue weighted by molar-refractivity contribution is 7.89. The minimum atomic E-state index is -3.54. The molecule has 1 aromatic heterocycles. The zero-order valence-electron chi connectivity index (χ0n) is 18.7. The van der Waals surface area contributed by atoms with Gasteiger partial charge in [0.2, 0.25) is 10.0 Å². The molecule has 0 spiro atoms. The zero-order chi connectivity index (χ0) is 24.0. The minimum Gasteiger partial charge on any atom is -0.345 e. The first kappa shape index (κ1) is 24.6. The van der Waals surface area contributed by atoms with Crippen molar-refractivity contribution in [1.29, 1.82) is 0 Å². The van der Waals surface area contributed by atoms with E-state index < -0.39 is 10.0 Å². The quantitative estimate of drug-likeness (QED) is 0.466. The minimum absolute atomic E-state index is 0.218. The van der Waals surface area contributed by atoms with Crippen LogP contribution >= 0.6 is 11.3 Å². The lowest BCUT2D eigenvalue weighted by molar-refractivity contribution is 0.0940. The number of amides is 2. The van der Waals surface area contributed by atoms with Crippen LogP contribution in [0.3, 0.4) is 0 Å². The zero-order valence-corrected chi connectivity index (χ0v) is 20.4. The number of carbonyl (C=O) groups excluding carboxylic acids is 2. The van der Waals surface area contributed by atoms with Crippen molar-refractivity contribution in [1.82, 2.24) is 9.62 Å². The van der Waals surface area contributed by atoms with Gasteiger partial charge in [-0.1, -0.05) is 38.1 Å². The Bertz CT molecular complexity index is 1200. The first-order valence-corrected chi connectivity index (χ1v) is 13.0. The number of nitrogens with one attached hydrogen (secondary N) is 2. The van der Waals surface area contributed by atoms with E-state index in [4.69, 9.17) is 0 Å². The fourth-order valence-corrected chi connectivity index (χ4v) is 5.47. The van der Waals surface area contributed by atoms with Crippen LogP contribution in [0.15, 0.2) is 70.3 Å². The molecule has 174 valence electrons. The van der Waals surface area contributed by atoms with E-state index in [1.165, 1.54) is 15.6 Å². The summed E-state index contributed by atoms with van der Waals surface area (Å²) in [5.41, 5.74) is 2.05. The van der Waals surface area contributed by atoms with Crippen molar-refractivity contribution in [2.45, 2.75) is 31.7 Å². The summed E-state index contributed by atoms with van der Waals surface area (Å²) in [6, 6.07) is 14.7. The largest absolute Gasteiger partial charge is 0.345 e. The van der Waals surface area contributed by atoms with E-state index in [1.54, 1.807) is 73.8 Å². The van der Waals surface area contributed by atoms with E-state index in [0.717, 1.165) is 5.56 Å². The van der Waals surface area contributed by atoms with E-state index >= 15 is 0 Å². The second kappa shape index (κ2) is 10.7. The Morgan fingerprint density at radius 1 is 0.970 bits per heavy atom. The van der Waals surface area contributed by atoms with Crippen molar-refractivity contribution in [3.63, 3.8) is 0 Å². The van der Waals surface area contributed by atoms with E-state index in [2.05, 4.69) is 10.6 Å². The molecule has 7 nitrogen and oxygen atoms in total. The summed E-state index contributed by atoms with van der Waals surface area (Å²) >= 11 is 1.42. The number of carbonyl (C=O) groups is 2. The molecule has 0 saturated carbocycles. The van der Waals surface area contributed by atoms with E-state index in [1.807, 2.05) is 12.3 Å². The third-order valence-corrected chi connectivity index (χ3v) is 8.02. The summed E-state index contributed by atoms with van der Waals surface area (Å²) in [5.74, 6) is -0.627. The number of sulfonamides is 1. The van der Waals surface area contributed by atoms with Crippen LogP contribution in [-0.2, 0) is 10.0 Å². The Kier molecular flexibility index (Phi) is 8.01. The Balaban J connectivity index is 1.73. The van der Waals surface area contributed by atoms with Gasteiger partial charge in [-0.25, -0.2) is 8.42 Å². The second-order valence-electron chi connectivity index (χ2n) is 7.37. The van der Waals surface area contributed by atoms with Crippen molar-refractivity contribution < 1.29 is 18.0 Å². The summed E-state index contributed by atoms with van der Waals surface area (Å²) in [6.07, 6.45) is 0. The van der Waals surface area contributed by atoms with Gasteiger partial charge in [0.25, 0.3) is 11.8 Å². The van der Waals surface area contributed by atoms with Gasteiger partial charge in [-0.05, 0) is 48.2 Å². The van der Waals surface area contributed by atoms with E-state index in [9.17, 15) is 18.0 Å². The fourth-order valence-electron chi connectivity index (χ4n) is 3.38. The number of hydrogen-bond donors (Lipinski definition) is 2. The van der Waals surface area contributed by atoms with Gasteiger partial charge in [0.15, 0.2) is 0 Å². The van der Waals surface area contributed by atoms with Gasteiger partial charge in [-0.3, -0.25) is 9.59 Å². The Morgan fingerprint density at radius 2 is 1.64 bits per heavy atom. The van der Waals surface area contributed by atoms with E-state index in [0.29, 0.717) is 29.9 Å². The summed E-state index contributed by atoms with van der Waals surface area (Å²) in [7, 11) is -3.54. The van der Waals surface area contributed by atoms with Gasteiger partial charge in [-0.15, -0.1) is 0 Å². The highest BCUT2D eigenvalue weighted by Gasteiger charge is 2.22. The molecule has 0 saturated heterocycles. The van der Waals surface area contributed by atoms with Crippen LogP contribution in [-0.4, -0.2) is 37.6 Å². The molecule has 1 heterocycles. The Hall–Kier alpha value is -3.01. The standard InChI is InChI=1S/C24H27N3O4S2/c1-4-27(5-2)33(30,31)20-12-10-18(11-13-20)17(3)25-24(29)21-8-6-7-9-22(21)26-23(28)19-14-15-32-16-19/h6-17H,4-5H2,1-3H3,(H,25,29)(H,26,28). The molecular formula is C24H27N3O4S2. The van der Waals surface area contributed by atoms with Gasteiger partial charge in [0.1, 0.15) is 0 Å². The molecule has 9 heteroatoms. The normalized spacial score (nSPS) is 12.4. The van der Waals surface area contributed by atoms with Crippen molar-refractivity contribution >= 4 is 38.9 Å². The van der Waals surface area contributed by atoms with Crippen LogP contribution in [0, 0.1) is 0 Å². The van der Waals surface area contributed by atoms with Crippen LogP contribution in [0.5, 0.6) is 0 Å². The van der Waals surface area contributed by atoms with E-state index in [-0.39, 0.29) is 22.8 Å². The Morgan fingerprint density at radius 3 is 2.24 bits per heavy atom. The summed E-state index contributed by atoms with van der Waals surface area (Å²) < 4.78 is 26.7. The molecular weight excluding hydrogens is 458 g/mol. The third-order valence-electron chi connectivity index (χ3n) is 5.27. The monoisotopic (exact) mass is 485 g/mol. The molecule has 3 aromatic rings. The molecule has 3 rings (SSSR count). The molecule has 0 bridgehead atoms. The molecule has 2 aromatic carbocycles. The van der Waals surface area contributed by atoms with Crippen molar-refractivity contribution in [3.8, 4) is 0 Å². The van der Waals surface area contributed by atoms with Crippen molar-refractivity contribution in [2.24, 2.45) is 0 Å². The summed E-state index contributed by atoms with van der Waals surface area (Å²) in [6.45, 7) is 6.21. The third kappa shape index (κ3) is 5.68. The Labute approximate surface area is 198 Å². The summed E-state index contributed by atoms with van der Waals surface area (Å²) in [5, 5.41) is 9.26. The number of nitrogens with zero attached hydrogens (tertiary/aromatic N) is 1. The van der Waals surface area contributed by atoms with Crippen LogP contribution in [0.2, 0.25) is 0 Å². The first-order chi connectivity index (χ1) is 15.8. The van der Waals surface area contributed by atoms with Crippen LogP contribution in [0.1, 0.15) is 53.1 Å². The average Bonchev–Trinajstić information content (AvgIpc) is 3.35. The molecule has 0 aliphatic carbocycles. The topological polar surface area (TPSA) is 95.6 Å². The number of benzene rings is 2. The number of anilines is 1. The highest BCUT2D eigenvalue weighted by atomic mass is 32.2. The average molecular weight is 486 g/mol. The molecule has 2 N–H and O–H groups in total. The molecule has 0 fully saturated rings. The second-order valence-corrected chi connectivity index (χ2v) is 10.1. The van der Waals surface area contributed by atoms with Gasteiger partial charge >= 0.3 is 0 Å². The van der Waals surface area contributed by atoms with Gasteiger partial charge in [0, 0.05) is 18.5 Å². The first-order valence-electron chi connectivity index (χ1n) is 10.6. The maximum absolute atomic E-state index is 12.9. The number of thiophene rings is 1. The van der Waals surface area contributed by atoms with Crippen LogP contribution in [0.4, 0.5) is 5.69 Å². The fraction of sp³-hybridized carbons (Fsp3) is 0.250. The molecule has 33 heavy (non-hydrogen) atoms. The maximum Gasteiger partial charge on any atom is 0.256 e. The van der Waals surface area contributed by atoms with Gasteiger partial charge in [-0.2, -0.15) is 15.6 Å². The lowest BCUT2D eigenvalue weighted by atomic mass is 10.1. The maximum atomic E-state index is 12.9. The SMILES string of the molecule is CCN(CC)S(=O)(=O)c1ccc(C(C)NC(=O)c2ccccc2NC(=O)c2ccsc2)cc1. The molecule has 0 radical (unpaired) electrons. The van der Waals surface area contributed by atoms with Gasteiger partial charge in [0.05, 0.1) is 27.8 Å². The molecule has 2 amide bonds.